The van der Waals surface area contributed by atoms with Crippen molar-refractivity contribution < 1.29 is 28.9 Å². The number of carbonyl (C=O) groups excluding carboxylic acids is 1. The predicted molar refractivity (Wildman–Crippen MR) is 135 cm³/mol. The summed E-state index contributed by atoms with van der Waals surface area (Å²) in [5.41, 5.74) is 7.18. The van der Waals surface area contributed by atoms with Crippen LogP contribution in [0.25, 0.3) is 0 Å². The summed E-state index contributed by atoms with van der Waals surface area (Å²) in [5, 5.41) is 9.05. The Labute approximate surface area is 216 Å². The fourth-order valence-electron chi connectivity index (χ4n) is 5.92. The van der Waals surface area contributed by atoms with E-state index in [0.717, 1.165) is 63.7 Å². The number of hydrogen-bond acceptors (Lipinski definition) is 8. The van der Waals surface area contributed by atoms with Gasteiger partial charge in [-0.15, -0.1) is 0 Å². The highest BCUT2D eigenvalue weighted by molar-refractivity contribution is 6.02. The molecule has 2 aliphatic heterocycles. The smallest absolute Gasteiger partial charge is 0.321 e. The van der Waals surface area contributed by atoms with E-state index in [2.05, 4.69) is 22.1 Å². The van der Waals surface area contributed by atoms with Gasteiger partial charge in [0.1, 0.15) is 18.0 Å². The van der Waals surface area contributed by atoms with Crippen LogP contribution in [0.3, 0.4) is 0 Å². The van der Waals surface area contributed by atoms with Gasteiger partial charge in [0.05, 0.1) is 19.3 Å². The topological polar surface area (TPSA) is 137 Å². The molecule has 3 heterocycles. The zero-order chi connectivity index (χ0) is 25.8. The number of aliphatic carboxylic acids is 1. The minimum atomic E-state index is -0.703. The second kappa shape index (κ2) is 11.5. The van der Waals surface area contributed by atoms with Crippen LogP contribution in [0.2, 0.25) is 0 Å². The molecule has 0 radical (unpaired) electrons. The molecule has 200 valence electrons. The second-order valence-electron chi connectivity index (χ2n) is 10.4. The Hall–Kier alpha value is -3.14. The lowest BCUT2D eigenvalue weighted by atomic mass is 9.73. The number of ether oxygens (including phenoxy) is 3. The molecule has 1 amide bonds. The number of rotatable bonds is 8. The molecule has 1 saturated carbocycles. The Morgan fingerprint density at radius 1 is 1.19 bits per heavy atom. The minimum Gasteiger partial charge on any atom is -0.481 e. The molecule has 3 N–H and O–H groups in total. The monoisotopic (exact) mass is 512 g/mol. The third kappa shape index (κ3) is 6.06. The van der Waals surface area contributed by atoms with E-state index >= 15 is 0 Å². The molecule has 2 fully saturated rings. The molecule has 0 spiro atoms. The summed E-state index contributed by atoms with van der Waals surface area (Å²) in [4.78, 5) is 34.7. The molecule has 1 aromatic rings. The molecule has 1 saturated heterocycles. The van der Waals surface area contributed by atoms with Gasteiger partial charge in [-0.05, 0) is 68.8 Å². The third-order valence-electron chi connectivity index (χ3n) is 7.98. The number of allylic oxidation sites excluding steroid dienone is 3. The van der Waals surface area contributed by atoms with Gasteiger partial charge in [-0.3, -0.25) is 9.59 Å². The maximum Gasteiger partial charge on any atom is 0.321 e. The number of carboxylic acid groups (broad SMARTS) is 1. The van der Waals surface area contributed by atoms with E-state index in [1.165, 1.54) is 0 Å². The maximum atomic E-state index is 13.5. The van der Waals surface area contributed by atoms with Gasteiger partial charge in [0.2, 0.25) is 5.88 Å². The van der Waals surface area contributed by atoms with Crippen molar-refractivity contribution in [3.8, 4) is 11.9 Å². The van der Waals surface area contributed by atoms with E-state index in [0.29, 0.717) is 30.9 Å². The lowest BCUT2D eigenvalue weighted by Gasteiger charge is -2.33. The fourth-order valence-corrected chi connectivity index (χ4v) is 5.92. The van der Waals surface area contributed by atoms with Crippen LogP contribution in [0.1, 0.15) is 68.1 Å². The normalized spacial score (nSPS) is 27.7. The molecule has 5 rings (SSSR count). The van der Waals surface area contributed by atoms with Crippen LogP contribution in [-0.2, 0) is 9.53 Å². The first-order valence-electron chi connectivity index (χ1n) is 13.4. The highest BCUT2D eigenvalue weighted by atomic mass is 16.5. The Balaban J connectivity index is 1.19. The number of nitrogens with zero attached hydrogens (tertiary/aromatic N) is 3. The molecule has 2 atom stereocenters. The number of carbonyl (C=O) groups is 2. The zero-order valence-electron chi connectivity index (χ0n) is 21.1. The third-order valence-corrected chi connectivity index (χ3v) is 7.98. The van der Waals surface area contributed by atoms with Crippen LogP contribution in [0.15, 0.2) is 23.9 Å². The molecule has 1 aromatic heterocycles. The Bertz CT molecular complexity index is 1060. The average Bonchev–Trinajstić information content (AvgIpc) is 3.34. The first-order chi connectivity index (χ1) is 18.0. The Kier molecular flexibility index (Phi) is 7.93. The minimum absolute atomic E-state index is 0.0467. The van der Waals surface area contributed by atoms with Gasteiger partial charge in [-0.2, -0.15) is 9.97 Å². The largest absolute Gasteiger partial charge is 0.481 e. The van der Waals surface area contributed by atoms with Gasteiger partial charge in [-0.1, -0.05) is 12.2 Å². The number of aromatic nitrogens is 2. The van der Waals surface area contributed by atoms with Crippen LogP contribution < -0.4 is 15.2 Å². The van der Waals surface area contributed by atoms with Crippen molar-refractivity contribution in [2.75, 3.05) is 32.1 Å². The van der Waals surface area contributed by atoms with Gasteiger partial charge < -0.3 is 30.0 Å². The van der Waals surface area contributed by atoms with Crippen molar-refractivity contribution in [1.29, 1.82) is 0 Å². The molecule has 2 unspecified atom stereocenters. The van der Waals surface area contributed by atoms with E-state index in [-0.39, 0.29) is 48.3 Å². The Morgan fingerprint density at radius 3 is 2.73 bits per heavy atom. The summed E-state index contributed by atoms with van der Waals surface area (Å²) >= 11 is 0. The molecule has 0 bridgehead atoms. The molecular formula is C27H36N4O6. The van der Waals surface area contributed by atoms with Crippen molar-refractivity contribution in [3.05, 3.63) is 29.5 Å². The van der Waals surface area contributed by atoms with Crippen molar-refractivity contribution in [3.63, 3.8) is 0 Å². The summed E-state index contributed by atoms with van der Waals surface area (Å²) < 4.78 is 17.1. The summed E-state index contributed by atoms with van der Waals surface area (Å²) in [6, 6.07) is 0.105. The van der Waals surface area contributed by atoms with Gasteiger partial charge in [-0.25, -0.2) is 0 Å². The van der Waals surface area contributed by atoms with E-state index in [9.17, 15) is 9.59 Å². The number of nitrogens with two attached hydrogens (primary N) is 1. The van der Waals surface area contributed by atoms with Crippen molar-refractivity contribution in [2.24, 2.45) is 17.8 Å². The first-order valence-corrected chi connectivity index (χ1v) is 13.4. The highest BCUT2D eigenvalue weighted by Crippen LogP contribution is 2.39. The quantitative estimate of drug-likeness (QED) is 0.535. The number of nitrogen functional groups attached to an aromatic ring is 1. The molecule has 10 nitrogen and oxygen atoms in total. The number of hydrogen-bond donors (Lipinski definition) is 2. The number of amides is 1. The fraction of sp³-hybridized carbons (Fsp3) is 0.630. The van der Waals surface area contributed by atoms with Crippen LogP contribution in [-0.4, -0.2) is 64.3 Å². The van der Waals surface area contributed by atoms with Crippen molar-refractivity contribution >= 4 is 17.7 Å². The number of fused-ring (bicyclic) bond motifs is 1. The van der Waals surface area contributed by atoms with Crippen LogP contribution in [0.5, 0.6) is 11.9 Å². The standard InChI is InChI=1S/C27H36N4O6/c28-24-23-25(30-27(29-24)37-14-11-21-2-1-13-35-21)36-15-12-31(26(23)34)20-9-7-19(8-10-20)18-5-3-17(4-6-18)16-22(32)33/h7,9-10,17-19,21H,1-6,8,11-16H2,(H,32,33)(H2,28,29,30). The van der Waals surface area contributed by atoms with E-state index in [1.807, 2.05) is 6.08 Å². The van der Waals surface area contributed by atoms with Gasteiger partial charge in [0, 0.05) is 25.1 Å². The summed E-state index contributed by atoms with van der Waals surface area (Å²) in [6.45, 7) is 1.86. The van der Waals surface area contributed by atoms with Crippen molar-refractivity contribution in [1.82, 2.24) is 14.9 Å². The van der Waals surface area contributed by atoms with Crippen LogP contribution in [0, 0.1) is 17.8 Å². The van der Waals surface area contributed by atoms with E-state index in [4.69, 9.17) is 25.1 Å². The lowest BCUT2D eigenvalue weighted by Crippen LogP contribution is -2.33. The molecule has 0 aromatic carbocycles. The van der Waals surface area contributed by atoms with Gasteiger partial charge in [0.25, 0.3) is 5.91 Å². The number of carboxylic acids is 1. The summed E-state index contributed by atoms with van der Waals surface area (Å²) in [5.74, 6) is 0.467. The lowest BCUT2D eigenvalue weighted by molar-refractivity contribution is -0.138. The summed E-state index contributed by atoms with van der Waals surface area (Å²) in [6.07, 6.45) is 14.5. The van der Waals surface area contributed by atoms with Crippen LogP contribution in [0.4, 0.5) is 5.82 Å². The average molecular weight is 513 g/mol. The van der Waals surface area contributed by atoms with Gasteiger partial charge >= 0.3 is 12.0 Å². The van der Waals surface area contributed by atoms with Crippen molar-refractivity contribution in [2.45, 2.75) is 63.9 Å². The van der Waals surface area contributed by atoms with E-state index < -0.39 is 5.97 Å². The molecule has 4 aliphatic rings. The predicted octanol–water partition coefficient (Wildman–Crippen LogP) is 3.58. The maximum absolute atomic E-state index is 13.5. The Morgan fingerprint density at radius 2 is 2.03 bits per heavy atom. The molecule has 10 heteroatoms. The SMILES string of the molecule is Nc1nc(OCCC2CCCO2)nc2c1C(=O)N(C1=CCC(C3CCC(CC(=O)O)CC3)C=C1)CCO2. The highest BCUT2D eigenvalue weighted by Gasteiger charge is 2.33. The molecular weight excluding hydrogens is 476 g/mol. The van der Waals surface area contributed by atoms with Gasteiger partial charge in [0.15, 0.2) is 0 Å². The zero-order valence-corrected chi connectivity index (χ0v) is 21.1. The summed E-state index contributed by atoms with van der Waals surface area (Å²) in [7, 11) is 0. The second-order valence-corrected chi connectivity index (χ2v) is 10.4. The van der Waals surface area contributed by atoms with E-state index in [1.54, 1.807) is 4.90 Å². The molecule has 37 heavy (non-hydrogen) atoms. The number of anilines is 1. The molecule has 2 aliphatic carbocycles. The van der Waals surface area contributed by atoms with Crippen LogP contribution >= 0.6 is 0 Å². The first kappa shape index (κ1) is 25.5.